The molecule has 2 aromatic rings. The molecule has 0 spiro atoms. The van der Waals surface area contributed by atoms with E-state index in [1.807, 2.05) is 12.1 Å². The Labute approximate surface area is 140 Å². The minimum atomic E-state index is -0.401. The zero-order valence-corrected chi connectivity index (χ0v) is 13.5. The van der Waals surface area contributed by atoms with Gasteiger partial charge in [-0.3, -0.25) is 4.79 Å². The molecule has 0 fully saturated rings. The third-order valence-electron chi connectivity index (χ3n) is 3.06. The minimum Gasteiger partial charge on any atom is -0.465 e. The average molecular weight is 323 g/mol. The number of amides is 1. The van der Waals surface area contributed by atoms with E-state index in [9.17, 15) is 9.59 Å². The highest BCUT2D eigenvalue weighted by Gasteiger charge is 2.04. The predicted molar refractivity (Wildman–Crippen MR) is 90.7 cm³/mol. The third-order valence-corrected chi connectivity index (χ3v) is 3.06. The number of ether oxygens (including phenoxy) is 2. The molecule has 5 heteroatoms. The lowest BCUT2D eigenvalue weighted by Gasteiger charge is -2.04. The molecule has 0 aromatic heterocycles. The summed E-state index contributed by atoms with van der Waals surface area (Å²) in [6.07, 6.45) is 0. The van der Waals surface area contributed by atoms with Gasteiger partial charge in [0.2, 0.25) is 5.91 Å². The summed E-state index contributed by atoms with van der Waals surface area (Å²) in [5.41, 5.74) is 2.54. The molecule has 122 valence electrons. The van der Waals surface area contributed by atoms with Crippen molar-refractivity contribution < 1.29 is 19.1 Å². The number of hydrogen-bond donors (Lipinski definition) is 1. The lowest BCUT2D eigenvalue weighted by molar-refractivity contribution is -0.119. The van der Waals surface area contributed by atoms with E-state index in [1.165, 1.54) is 14.2 Å². The van der Waals surface area contributed by atoms with Crippen LogP contribution in [-0.2, 0) is 14.3 Å². The molecular formula is C19H17NO4. The van der Waals surface area contributed by atoms with Gasteiger partial charge < -0.3 is 14.8 Å². The third kappa shape index (κ3) is 4.97. The number of hydrogen-bond acceptors (Lipinski definition) is 4. The van der Waals surface area contributed by atoms with Crippen LogP contribution in [0.15, 0.2) is 48.5 Å². The first kappa shape index (κ1) is 17.3. The minimum absolute atomic E-state index is 0.00374. The van der Waals surface area contributed by atoms with Gasteiger partial charge in [0, 0.05) is 23.9 Å². The van der Waals surface area contributed by atoms with E-state index >= 15 is 0 Å². The second kappa shape index (κ2) is 8.51. The van der Waals surface area contributed by atoms with Crippen molar-refractivity contribution in [2.24, 2.45) is 0 Å². The van der Waals surface area contributed by atoms with E-state index < -0.39 is 5.97 Å². The highest BCUT2D eigenvalue weighted by molar-refractivity contribution is 5.92. The second-order valence-electron chi connectivity index (χ2n) is 4.88. The van der Waals surface area contributed by atoms with Crippen molar-refractivity contribution >= 4 is 17.6 Å². The number of methoxy groups -OCH3 is 2. The number of benzene rings is 2. The van der Waals surface area contributed by atoms with Gasteiger partial charge in [-0.2, -0.15) is 0 Å². The van der Waals surface area contributed by atoms with Gasteiger partial charge in [-0.1, -0.05) is 24.0 Å². The van der Waals surface area contributed by atoms with Crippen molar-refractivity contribution in [3.05, 3.63) is 65.2 Å². The Kier molecular flexibility index (Phi) is 6.12. The van der Waals surface area contributed by atoms with Gasteiger partial charge in [-0.25, -0.2) is 4.79 Å². The van der Waals surface area contributed by atoms with Gasteiger partial charge in [0.25, 0.3) is 0 Å². The molecule has 0 atom stereocenters. The van der Waals surface area contributed by atoms with Crippen LogP contribution in [0.5, 0.6) is 0 Å². The zero-order chi connectivity index (χ0) is 17.4. The van der Waals surface area contributed by atoms with Gasteiger partial charge in [0.15, 0.2) is 0 Å². The van der Waals surface area contributed by atoms with E-state index in [2.05, 4.69) is 21.9 Å². The fraction of sp³-hybridized carbons (Fsp3) is 0.158. The number of carbonyl (C=O) groups is 2. The fourth-order valence-electron chi connectivity index (χ4n) is 1.99. The summed E-state index contributed by atoms with van der Waals surface area (Å²) in [4.78, 5) is 23.0. The molecule has 24 heavy (non-hydrogen) atoms. The van der Waals surface area contributed by atoms with Crippen LogP contribution in [0, 0.1) is 11.8 Å². The van der Waals surface area contributed by atoms with Crippen LogP contribution < -0.4 is 5.32 Å². The van der Waals surface area contributed by atoms with Crippen LogP contribution >= 0.6 is 0 Å². The Bertz CT molecular complexity index is 802. The van der Waals surface area contributed by atoms with Crippen molar-refractivity contribution in [1.29, 1.82) is 0 Å². The Balaban J connectivity index is 2.16. The molecule has 0 aliphatic rings. The number of carbonyl (C=O) groups excluding carboxylic acids is 2. The SMILES string of the molecule is COCC(=O)Nc1cccc(C#Cc2cccc(C(=O)OC)c2)c1. The molecular weight excluding hydrogens is 306 g/mol. The molecule has 0 unspecified atom stereocenters. The lowest BCUT2D eigenvalue weighted by atomic mass is 10.1. The normalized spacial score (nSPS) is 9.58. The molecule has 0 bridgehead atoms. The molecule has 0 radical (unpaired) electrons. The zero-order valence-electron chi connectivity index (χ0n) is 13.5. The van der Waals surface area contributed by atoms with E-state index in [1.54, 1.807) is 36.4 Å². The monoisotopic (exact) mass is 323 g/mol. The van der Waals surface area contributed by atoms with Gasteiger partial charge in [0.05, 0.1) is 12.7 Å². The summed E-state index contributed by atoms with van der Waals surface area (Å²) in [5.74, 6) is 5.37. The molecule has 0 aliphatic carbocycles. The first-order valence-corrected chi connectivity index (χ1v) is 7.21. The molecule has 0 saturated carbocycles. The second-order valence-corrected chi connectivity index (χ2v) is 4.88. The smallest absolute Gasteiger partial charge is 0.337 e. The lowest BCUT2D eigenvalue weighted by Crippen LogP contribution is -2.17. The Morgan fingerprint density at radius 1 is 1.00 bits per heavy atom. The maximum atomic E-state index is 11.5. The maximum absolute atomic E-state index is 11.5. The Morgan fingerprint density at radius 3 is 2.33 bits per heavy atom. The predicted octanol–water partition coefficient (Wildman–Crippen LogP) is 2.46. The molecule has 1 amide bonds. The first-order chi connectivity index (χ1) is 11.6. The molecule has 2 aromatic carbocycles. The van der Waals surface area contributed by atoms with Gasteiger partial charge in [-0.05, 0) is 36.4 Å². The highest BCUT2D eigenvalue weighted by atomic mass is 16.5. The Morgan fingerprint density at radius 2 is 1.67 bits per heavy atom. The summed E-state index contributed by atoms with van der Waals surface area (Å²) in [7, 11) is 2.80. The Hall–Kier alpha value is -3.10. The number of nitrogens with one attached hydrogen (secondary N) is 1. The van der Waals surface area contributed by atoms with Gasteiger partial charge in [-0.15, -0.1) is 0 Å². The quantitative estimate of drug-likeness (QED) is 0.693. The van der Waals surface area contributed by atoms with Crippen molar-refractivity contribution in [1.82, 2.24) is 0 Å². The standard InChI is InChI=1S/C19H17NO4/c1-23-13-18(21)20-17-8-4-6-15(12-17)10-9-14-5-3-7-16(11-14)19(22)24-2/h3-8,11-12H,13H2,1-2H3,(H,20,21). The number of anilines is 1. The van der Waals surface area contributed by atoms with E-state index in [-0.39, 0.29) is 12.5 Å². The van der Waals surface area contributed by atoms with Crippen molar-refractivity contribution in [2.45, 2.75) is 0 Å². The van der Waals surface area contributed by atoms with Crippen LogP contribution in [0.1, 0.15) is 21.5 Å². The molecule has 1 N–H and O–H groups in total. The van der Waals surface area contributed by atoms with Crippen LogP contribution in [0.3, 0.4) is 0 Å². The maximum Gasteiger partial charge on any atom is 0.337 e. The van der Waals surface area contributed by atoms with Crippen LogP contribution in [0.4, 0.5) is 5.69 Å². The summed E-state index contributed by atoms with van der Waals surface area (Å²) < 4.78 is 9.46. The topological polar surface area (TPSA) is 64.6 Å². The molecule has 0 aliphatic heterocycles. The van der Waals surface area contributed by atoms with Crippen molar-refractivity contribution in [2.75, 3.05) is 26.1 Å². The summed E-state index contributed by atoms with van der Waals surface area (Å²) in [6, 6.07) is 14.1. The molecule has 0 saturated heterocycles. The molecule has 0 heterocycles. The number of esters is 1. The number of rotatable bonds is 4. The van der Waals surface area contributed by atoms with Gasteiger partial charge >= 0.3 is 5.97 Å². The van der Waals surface area contributed by atoms with Gasteiger partial charge in [0.1, 0.15) is 6.61 Å². The molecule has 5 nitrogen and oxygen atoms in total. The molecule has 2 rings (SSSR count). The van der Waals surface area contributed by atoms with E-state index in [0.29, 0.717) is 16.8 Å². The average Bonchev–Trinajstić information content (AvgIpc) is 2.60. The van der Waals surface area contributed by atoms with E-state index in [0.717, 1.165) is 5.56 Å². The first-order valence-electron chi connectivity index (χ1n) is 7.21. The highest BCUT2D eigenvalue weighted by Crippen LogP contribution is 2.10. The van der Waals surface area contributed by atoms with Crippen LogP contribution in [-0.4, -0.2) is 32.7 Å². The van der Waals surface area contributed by atoms with Crippen LogP contribution in [0.2, 0.25) is 0 Å². The summed E-state index contributed by atoms with van der Waals surface area (Å²) in [6.45, 7) is -0.00374. The van der Waals surface area contributed by atoms with Crippen molar-refractivity contribution in [3.63, 3.8) is 0 Å². The fourth-order valence-corrected chi connectivity index (χ4v) is 1.99. The van der Waals surface area contributed by atoms with E-state index in [4.69, 9.17) is 4.74 Å². The largest absolute Gasteiger partial charge is 0.465 e. The van der Waals surface area contributed by atoms with Crippen LogP contribution in [0.25, 0.3) is 0 Å². The summed E-state index contributed by atoms with van der Waals surface area (Å²) in [5, 5.41) is 2.72. The summed E-state index contributed by atoms with van der Waals surface area (Å²) >= 11 is 0. The van der Waals surface area contributed by atoms with Crippen molar-refractivity contribution in [3.8, 4) is 11.8 Å².